The topological polar surface area (TPSA) is 20.3 Å². The van der Waals surface area contributed by atoms with Crippen molar-refractivity contribution >= 4 is 5.91 Å². The molecule has 0 rings (SSSR count). The van der Waals surface area contributed by atoms with Crippen molar-refractivity contribution in [2.45, 2.75) is 117 Å². The number of hydrogen-bond donors (Lipinski definition) is 0. The molecule has 2 nitrogen and oxygen atoms in total. The summed E-state index contributed by atoms with van der Waals surface area (Å²) in [6, 6.07) is 0. The number of nitrogens with zero attached hydrogens (tertiary/aromatic N) is 1. The van der Waals surface area contributed by atoms with Gasteiger partial charge in [0.25, 0.3) is 0 Å². The van der Waals surface area contributed by atoms with E-state index in [-0.39, 0.29) is 0 Å². The summed E-state index contributed by atoms with van der Waals surface area (Å²) in [6.45, 7) is 5.46. The van der Waals surface area contributed by atoms with Crippen LogP contribution in [0.15, 0.2) is 0 Å². The van der Waals surface area contributed by atoms with E-state index in [9.17, 15) is 4.79 Å². The summed E-state index contributed by atoms with van der Waals surface area (Å²) >= 11 is 0. The maximum Gasteiger partial charge on any atom is 0.222 e. The molecule has 0 aliphatic rings. The van der Waals surface area contributed by atoms with Crippen LogP contribution in [-0.4, -0.2) is 24.4 Å². The molecule has 138 valence electrons. The quantitative estimate of drug-likeness (QED) is 0.272. The van der Waals surface area contributed by atoms with Gasteiger partial charge in [0, 0.05) is 20.0 Å². The van der Waals surface area contributed by atoms with Gasteiger partial charge in [-0.15, -0.1) is 0 Å². The summed E-state index contributed by atoms with van der Waals surface area (Å²) in [5.74, 6) is 0.349. The molecule has 0 heterocycles. The summed E-state index contributed by atoms with van der Waals surface area (Å²) < 4.78 is 0. The van der Waals surface area contributed by atoms with E-state index in [0.29, 0.717) is 5.91 Å². The average molecular weight is 326 g/mol. The molecule has 0 bridgehead atoms. The van der Waals surface area contributed by atoms with Crippen LogP contribution in [0.3, 0.4) is 0 Å². The molecule has 0 saturated heterocycles. The molecule has 0 aliphatic carbocycles. The molecule has 0 aliphatic heterocycles. The normalized spacial score (nSPS) is 10.9. The molecule has 0 aromatic rings. The van der Waals surface area contributed by atoms with E-state index in [2.05, 4.69) is 13.8 Å². The first-order valence-electron chi connectivity index (χ1n) is 10.5. The second-order valence-corrected chi connectivity index (χ2v) is 7.16. The Hall–Kier alpha value is -0.530. The SMILES string of the molecule is CCCCCCCCCCN(C)C(=O)CCCCCCCCC. The summed E-state index contributed by atoms with van der Waals surface area (Å²) in [5.41, 5.74) is 0. The maximum atomic E-state index is 12.0. The number of amides is 1. The van der Waals surface area contributed by atoms with Crippen LogP contribution in [-0.2, 0) is 4.79 Å². The van der Waals surface area contributed by atoms with E-state index in [1.807, 2.05) is 11.9 Å². The van der Waals surface area contributed by atoms with Gasteiger partial charge in [0.2, 0.25) is 5.91 Å². The highest BCUT2D eigenvalue weighted by Crippen LogP contribution is 2.11. The van der Waals surface area contributed by atoms with Gasteiger partial charge in [-0.2, -0.15) is 0 Å². The lowest BCUT2D eigenvalue weighted by molar-refractivity contribution is -0.130. The van der Waals surface area contributed by atoms with E-state index in [4.69, 9.17) is 0 Å². The van der Waals surface area contributed by atoms with Crippen LogP contribution in [0.5, 0.6) is 0 Å². The fourth-order valence-corrected chi connectivity index (χ4v) is 3.03. The van der Waals surface area contributed by atoms with Crippen molar-refractivity contribution in [2.24, 2.45) is 0 Å². The van der Waals surface area contributed by atoms with Crippen LogP contribution < -0.4 is 0 Å². The van der Waals surface area contributed by atoms with Crippen LogP contribution in [0.1, 0.15) is 117 Å². The molecule has 2 heteroatoms. The molecule has 0 spiro atoms. The predicted octanol–water partition coefficient (Wildman–Crippen LogP) is 6.73. The maximum absolute atomic E-state index is 12.0. The minimum absolute atomic E-state index is 0.349. The van der Waals surface area contributed by atoms with Gasteiger partial charge >= 0.3 is 0 Å². The van der Waals surface area contributed by atoms with Gasteiger partial charge in [-0.05, 0) is 12.8 Å². The first-order chi connectivity index (χ1) is 11.2. The number of carbonyl (C=O) groups excluding carboxylic acids is 1. The zero-order valence-electron chi connectivity index (χ0n) is 16.4. The Morgan fingerprint density at radius 1 is 0.609 bits per heavy atom. The fourth-order valence-electron chi connectivity index (χ4n) is 3.03. The summed E-state index contributed by atoms with van der Waals surface area (Å²) in [4.78, 5) is 14.0. The Morgan fingerprint density at radius 3 is 1.48 bits per heavy atom. The largest absolute Gasteiger partial charge is 0.346 e. The van der Waals surface area contributed by atoms with Gasteiger partial charge < -0.3 is 4.90 Å². The third-order valence-corrected chi connectivity index (χ3v) is 4.77. The summed E-state index contributed by atoms with van der Waals surface area (Å²) in [6.07, 6.45) is 20.4. The Bertz CT molecular complexity index is 252. The average Bonchev–Trinajstić information content (AvgIpc) is 2.56. The predicted molar refractivity (Wildman–Crippen MR) is 103 cm³/mol. The molecular formula is C21H43NO. The molecule has 0 radical (unpaired) electrons. The molecule has 0 unspecified atom stereocenters. The van der Waals surface area contributed by atoms with E-state index in [1.165, 1.54) is 89.9 Å². The van der Waals surface area contributed by atoms with Crippen LogP contribution in [0, 0.1) is 0 Å². The van der Waals surface area contributed by atoms with Crippen LogP contribution >= 0.6 is 0 Å². The molecular weight excluding hydrogens is 282 g/mol. The lowest BCUT2D eigenvalue weighted by atomic mass is 10.1. The van der Waals surface area contributed by atoms with E-state index >= 15 is 0 Å². The van der Waals surface area contributed by atoms with E-state index < -0.39 is 0 Å². The Morgan fingerprint density at radius 2 is 1.00 bits per heavy atom. The van der Waals surface area contributed by atoms with E-state index in [1.54, 1.807) is 0 Å². The van der Waals surface area contributed by atoms with Gasteiger partial charge in [0.1, 0.15) is 0 Å². The molecule has 0 N–H and O–H groups in total. The smallest absolute Gasteiger partial charge is 0.222 e. The second kappa shape index (κ2) is 17.8. The van der Waals surface area contributed by atoms with E-state index in [0.717, 1.165) is 19.4 Å². The lowest BCUT2D eigenvalue weighted by Gasteiger charge is -2.17. The van der Waals surface area contributed by atoms with Crippen molar-refractivity contribution in [1.82, 2.24) is 4.90 Å². The zero-order valence-corrected chi connectivity index (χ0v) is 16.4. The van der Waals surface area contributed by atoms with Gasteiger partial charge in [0.15, 0.2) is 0 Å². The molecule has 1 amide bonds. The standard InChI is InChI=1S/C21H43NO/c1-4-6-8-10-12-14-16-18-20-22(3)21(23)19-17-15-13-11-9-7-5-2/h4-20H2,1-3H3. The Balaban J connectivity index is 3.35. The van der Waals surface area contributed by atoms with Crippen LogP contribution in [0.2, 0.25) is 0 Å². The third-order valence-electron chi connectivity index (χ3n) is 4.77. The highest BCUT2D eigenvalue weighted by atomic mass is 16.2. The van der Waals surface area contributed by atoms with Gasteiger partial charge in [-0.1, -0.05) is 97.3 Å². The van der Waals surface area contributed by atoms with Crippen molar-refractivity contribution in [3.05, 3.63) is 0 Å². The monoisotopic (exact) mass is 325 g/mol. The Labute approximate surface area is 146 Å². The zero-order chi connectivity index (χ0) is 17.2. The number of unbranched alkanes of at least 4 members (excludes halogenated alkanes) is 13. The van der Waals surface area contributed by atoms with Gasteiger partial charge in [-0.3, -0.25) is 4.79 Å². The first kappa shape index (κ1) is 22.5. The van der Waals surface area contributed by atoms with Crippen molar-refractivity contribution in [2.75, 3.05) is 13.6 Å². The van der Waals surface area contributed by atoms with Crippen molar-refractivity contribution in [1.29, 1.82) is 0 Å². The molecule has 0 aromatic heterocycles. The second-order valence-electron chi connectivity index (χ2n) is 7.16. The minimum atomic E-state index is 0.349. The van der Waals surface area contributed by atoms with Gasteiger partial charge in [-0.25, -0.2) is 0 Å². The number of rotatable bonds is 17. The lowest BCUT2D eigenvalue weighted by Crippen LogP contribution is -2.27. The summed E-state index contributed by atoms with van der Waals surface area (Å²) in [7, 11) is 1.98. The number of carbonyl (C=O) groups is 1. The fraction of sp³-hybridized carbons (Fsp3) is 0.952. The van der Waals surface area contributed by atoms with Crippen molar-refractivity contribution in [3.63, 3.8) is 0 Å². The molecule has 23 heavy (non-hydrogen) atoms. The number of hydrogen-bond acceptors (Lipinski definition) is 1. The molecule has 0 fully saturated rings. The summed E-state index contributed by atoms with van der Waals surface area (Å²) in [5, 5.41) is 0. The van der Waals surface area contributed by atoms with Gasteiger partial charge in [0.05, 0.1) is 0 Å². The molecule has 0 aromatic carbocycles. The van der Waals surface area contributed by atoms with Crippen molar-refractivity contribution in [3.8, 4) is 0 Å². The highest BCUT2D eigenvalue weighted by molar-refractivity contribution is 5.75. The Kier molecular flexibility index (Phi) is 17.4. The van der Waals surface area contributed by atoms with Crippen LogP contribution in [0.25, 0.3) is 0 Å². The third kappa shape index (κ3) is 16.1. The molecule has 0 saturated carbocycles. The first-order valence-corrected chi connectivity index (χ1v) is 10.5. The van der Waals surface area contributed by atoms with Crippen LogP contribution in [0.4, 0.5) is 0 Å². The van der Waals surface area contributed by atoms with Crippen molar-refractivity contribution < 1.29 is 4.79 Å². The molecule has 0 atom stereocenters. The highest BCUT2D eigenvalue weighted by Gasteiger charge is 2.07. The minimum Gasteiger partial charge on any atom is -0.346 e.